The molecule has 0 N–H and O–H groups in total. The van der Waals surface area contributed by atoms with Crippen LogP contribution in [0.25, 0.3) is 43.1 Å². The van der Waals surface area contributed by atoms with E-state index in [0.29, 0.717) is 72.6 Å². The Kier molecular flexibility index (Phi) is 20.2. The van der Waals surface area contributed by atoms with E-state index in [1.807, 2.05) is 38.1 Å². The number of rotatable bonds is 24. The number of carbonyl (C=O) groups excluding carboxylic acids is 8. The van der Waals surface area contributed by atoms with E-state index in [9.17, 15) is 9.59 Å². The lowest BCUT2D eigenvalue weighted by atomic mass is 9.80. The number of nitrogens with zero attached hydrogens (tertiary/aromatic N) is 6. The molecule has 6 atom stereocenters. The van der Waals surface area contributed by atoms with Crippen LogP contribution in [0.4, 0.5) is 0 Å². The zero-order valence-corrected chi connectivity index (χ0v) is 60.5. The van der Waals surface area contributed by atoms with Gasteiger partial charge in [0.2, 0.25) is 11.8 Å². The molecule has 0 bridgehead atoms. The van der Waals surface area contributed by atoms with Gasteiger partial charge in [0.15, 0.2) is 0 Å². The molecule has 4 heterocycles. The average molecular weight is 1480 g/mol. The molecule has 6 amide bonds. The van der Waals surface area contributed by atoms with Crippen molar-refractivity contribution < 1.29 is 66.8 Å². The number of amides is 6. The highest BCUT2D eigenvalue weighted by Gasteiger charge is 2.49. The van der Waals surface area contributed by atoms with Gasteiger partial charge >= 0.3 is 11.9 Å². The van der Waals surface area contributed by atoms with Gasteiger partial charge in [-0.3, -0.25) is 48.5 Å². The lowest BCUT2D eigenvalue weighted by molar-refractivity contribution is -0.149. The Morgan fingerprint density at radius 3 is 0.981 bits per heavy atom. The van der Waals surface area contributed by atoms with Gasteiger partial charge in [0.1, 0.15) is 80.4 Å². The second-order valence-electron chi connectivity index (χ2n) is 27.2. The highest BCUT2D eigenvalue weighted by Crippen LogP contribution is 2.58. The van der Waals surface area contributed by atoms with Crippen molar-refractivity contribution in [2.45, 2.75) is 114 Å². The normalized spacial score (nSPS) is 17.5. The van der Waals surface area contributed by atoms with E-state index < -0.39 is 83.8 Å². The van der Waals surface area contributed by atoms with Gasteiger partial charge in [0, 0.05) is 119 Å². The van der Waals surface area contributed by atoms with E-state index in [0.717, 1.165) is 9.80 Å². The fourth-order valence-corrected chi connectivity index (χ4v) is 16.1. The van der Waals surface area contributed by atoms with Crippen molar-refractivity contribution in [3.05, 3.63) is 251 Å². The van der Waals surface area contributed by atoms with Crippen LogP contribution in [0.5, 0.6) is 46.0 Å². The van der Waals surface area contributed by atoms with E-state index in [1.54, 1.807) is 180 Å². The Morgan fingerprint density at radius 1 is 0.426 bits per heavy atom. The second kappa shape index (κ2) is 30.5. The summed E-state index contributed by atoms with van der Waals surface area (Å²) in [6.07, 6.45) is 8.50. The van der Waals surface area contributed by atoms with Crippen LogP contribution in [0, 0.1) is 0 Å². The molecule has 108 heavy (non-hydrogen) atoms. The van der Waals surface area contributed by atoms with Crippen molar-refractivity contribution in [2.24, 2.45) is 0 Å². The van der Waals surface area contributed by atoms with Gasteiger partial charge in [-0.25, -0.2) is 9.59 Å². The van der Waals surface area contributed by atoms with E-state index in [4.69, 9.17) is 51.6 Å². The maximum atomic E-state index is 16.7. The Balaban J connectivity index is 1.01. The summed E-state index contributed by atoms with van der Waals surface area (Å²) >= 11 is 12.0. The summed E-state index contributed by atoms with van der Waals surface area (Å²) in [6, 6.07) is 44.6. The van der Waals surface area contributed by atoms with Gasteiger partial charge in [-0.05, 0) is 161 Å². The van der Waals surface area contributed by atoms with Crippen LogP contribution in [0.1, 0.15) is 118 Å². The standard InChI is InChI=1S/C86H72Cl2N6O14/c1-5-91(53-21-19-31-59(43-53)107-85(101)49(3)87)83(99)65(41-51-33-37-89-38-34-51)93-79(95)61-45-67(103-55-23-11-7-12-24-55)73-75-69(105-57-27-15-9-16-28-57)47-63-72-64(82(98)94(81(63)97)66(42-52-35-39-90-40-36-52)84(100)92(6-2)54-22-20-32-60(44-54)108-86(102)50(4)88)48-70(106-58-29-17-10-18-30-58)76(78(72)75)74-68(104-56-25-13-8-14-26-56)46-62(80(93)96)71(61)77(73)74/h7-18,23-30,33-40,45-48,53-54,59-60,65-66H,3-6,19-22,31-32,41-44H2,1-2H3. The zero-order valence-electron chi connectivity index (χ0n) is 59.0. The highest BCUT2D eigenvalue weighted by molar-refractivity contribution is 6.45. The number of fused-ring (bicyclic) bond motifs is 2. The first-order valence-corrected chi connectivity index (χ1v) is 36.7. The number of imide groups is 2. The molecule has 15 rings (SSSR count). The van der Waals surface area contributed by atoms with Gasteiger partial charge in [0.25, 0.3) is 23.6 Å². The number of esters is 2. The van der Waals surface area contributed by atoms with Crippen LogP contribution in [-0.2, 0) is 41.5 Å². The maximum Gasteiger partial charge on any atom is 0.349 e. The predicted octanol–water partition coefficient (Wildman–Crippen LogP) is 17.0. The number of carbonyl (C=O) groups is 8. The minimum Gasteiger partial charge on any atom is -0.458 e. The topological polar surface area (TPSA) is 231 Å². The summed E-state index contributed by atoms with van der Waals surface area (Å²) in [7, 11) is 0. The molecule has 2 aliphatic carbocycles. The van der Waals surface area contributed by atoms with Crippen LogP contribution in [0.3, 0.4) is 0 Å². The van der Waals surface area contributed by atoms with Crippen LogP contribution in [0.15, 0.2) is 218 Å². The van der Waals surface area contributed by atoms with Gasteiger partial charge in [-0.15, -0.1) is 0 Å². The van der Waals surface area contributed by atoms with Gasteiger partial charge in [-0.2, -0.15) is 0 Å². The third-order valence-corrected chi connectivity index (χ3v) is 21.0. The SMILES string of the molecule is C=C(Cl)C(=O)OC1CCCC(N(CC)C(=O)C(Cc2ccncc2)N2C(=O)c3cc(Oc4ccccc4)c4c5c(Oc6ccccc6)cc6c7c(cc(Oc8ccccc8)c(c8c(Oc9ccccc9)cc(c3c48)C2=O)c75)C(=O)N(C(Cc2ccncc2)C(=O)N(CC)C2CCCC(OC(=O)C(=C)Cl)C2)C6=O)C1. The number of para-hydroxylation sites is 4. The molecule has 2 fully saturated rings. The Hall–Kier alpha value is -12.0. The molecule has 11 aromatic rings. The summed E-state index contributed by atoms with van der Waals surface area (Å²) in [5.74, 6) is -4.53. The molecule has 6 unspecified atom stereocenters. The molecule has 544 valence electrons. The molecule has 0 spiro atoms. The number of hydrogen-bond donors (Lipinski definition) is 0. The number of likely N-dealkylation sites (N-methyl/N-ethyl adjacent to an activating group) is 2. The molecule has 4 aliphatic rings. The third-order valence-electron chi connectivity index (χ3n) is 20.7. The second-order valence-corrected chi connectivity index (χ2v) is 28.1. The highest BCUT2D eigenvalue weighted by atomic mass is 35.5. The fraction of sp³-hybridized carbons (Fsp3) is 0.233. The number of halogens is 2. The summed E-state index contributed by atoms with van der Waals surface area (Å²) < 4.78 is 40.3. The van der Waals surface area contributed by atoms with Gasteiger partial charge in [0.05, 0.1) is 22.3 Å². The maximum absolute atomic E-state index is 16.7. The molecule has 2 aliphatic heterocycles. The first-order valence-electron chi connectivity index (χ1n) is 36.0. The molecule has 2 aromatic heterocycles. The minimum absolute atomic E-state index is 0.0358. The average Bonchev–Trinajstić information content (AvgIpc) is 0.702. The van der Waals surface area contributed by atoms with Crippen molar-refractivity contribution in [3.8, 4) is 46.0 Å². The van der Waals surface area contributed by atoms with E-state index in [-0.39, 0.29) is 137 Å². The summed E-state index contributed by atoms with van der Waals surface area (Å²) in [4.78, 5) is 138. The van der Waals surface area contributed by atoms with Crippen LogP contribution in [0.2, 0.25) is 0 Å². The molecular formula is C86H72Cl2N6O14. The van der Waals surface area contributed by atoms with Crippen LogP contribution in [-0.4, -0.2) is 126 Å². The van der Waals surface area contributed by atoms with E-state index in [2.05, 4.69) is 23.1 Å². The van der Waals surface area contributed by atoms with Crippen molar-refractivity contribution in [3.63, 3.8) is 0 Å². The predicted molar refractivity (Wildman–Crippen MR) is 407 cm³/mol. The van der Waals surface area contributed by atoms with Crippen LogP contribution >= 0.6 is 23.2 Å². The summed E-state index contributed by atoms with van der Waals surface area (Å²) in [6.45, 7) is 11.0. The zero-order chi connectivity index (χ0) is 75.0. The fourth-order valence-electron chi connectivity index (χ4n) is 16.0. The van der Waals surface area contributed by atoms with Crippen molar-refractivity contribution >= 4 is 114 Å². The first-order chi connectivity index (χ1) is 52.5. The molecule has 2 saturated carbocycles. The van der Waals surface area contributed by atoms with E-state index in [1.165, 1.54) is 0 Å². The van der Waals surface area contributed by atoms with Crippen LogP contribution < -0.4 is 18.9 Å². The Bertz CT molecular complexity index is 4860. The number of hydrogen-bond acceptors (Lipinski definition) is 16. The summed E-state index contributed by atoms with van der Waals surface area (Å²) in [5, 5.41) is 1.21. The van der Waals surface area contributed by atoms with E-state index >= 15 is 28.8 Å². The number of pyridine rings is 2. The Labute approximate surface area is 631 Å². The molecule has 22 heteroatoms. The third kappa shape index (κ3) is 13.7. The number of aromatic nitrogens is 2. The minimum atomic E-state index is -1.49. The number of ether oxygens (including phenoxy) is 6. The summed E-state index contributed by atoms with van der Waals surface area (Å²) in [5.41, 5.74) is 1.04. The van der Waals surface area contributed by atoms with Crippen molar-refractivity contribution in [2.75, 3.05) is 13.1 Å². The first kappa shape index (κ1) is 71.6. The lowest BCUT2D eigenvalue weighted by Gasteiger charge is -2.41. The monoisotopic (exact) mass is 1480 g/mol. The quantitative estimate of drug-likeness (QED) is 0.0180. The smallest absolute Gasteiger partial charge is 0.349 e. The largest absolute Gasteiger partial charge is 0.458 e. The number of benzene rings is 9. The van der Waals surface area contributed by atoms with Gasteiger partial charge < -0.3 is 38.2 Å². The van der Waals surface area contributed by atoms with Gasteiger partial charge in [-0.1, -0.05) is 109 Å². The van der Waals surface area contributed by atoms with Crippen molar-refractivity contribution in [1.82, 2.24) is 29.6 Å². The molecule has 9 aromatic carbocycles. The Morgan fingerprint density at radius 2 is 0.713 bits per heavy atom. The molecular weight excluding hydrogens is 1410 g/mol. The molecule has 20 nitrogen and oxygen atoms in total. The molecule has 0 radical (unpaired) electrons. The van der Waals surface area contributed by atoms with Crippen molar-refractivity contribution in [1.29, 1.82) is 0 Å². The lowest BCUT2D eigenvalue weighted by Crippen LogP contribution is -2.58. The molecule has 0 saturated heterocycles.